The smallest absolute Gasteiger partial charge is 0.0669 e. The molecule has 1 aromatic carbocycles. The molecule has 18 heavy (non-hydrogen) atoms. The minimum Gasteiger partial charge on any atom is -0.350 e. The molecular weight excluding hydrogens is 222 g/mol. The van der Waals surface area contributed by atoms with E-state index in [9.17, 15) is 0 Å². The molecule has 94 valence electrons. The average molecular weight is 241 g/mol. The highest BCUT2D eigenvalue weighted by molar-refractivity contribution is 5.83. The zero-order valence-electron chi connectivity index (χ0n) is 11.0. The summed E-state index contributed by atoms with van der Waals surface area (Å²) in [5.74, 6) is 0.111. The van der Waals surface area contributed by atoms with Gasteiger partial charge in [0.05, 0.1) is 12.0 Å². The Morgan fingerprint density at radius 1 is 1.39 bits per heavy atom. The summed E-state index contributed by atoms with van der Waals surface area (Å²) < 4.78 is 2.15. The van der Waals surface area contributed by atoms with E-state index in [1.54, 1.807) is 0 Å². The Kier molecular flexibility index (Phi) is 4.01. The SMILES string of the molecule is CCC(C#N)CNCc1cn(C)c2ccccc12. The fourth-order valence-electron chi connectivity index (χ4n) is 2.23. The molecule has 1 atom stereocenters. The Morgan fingerprint density at radius 3 is 2.89 bits per heavy atom. The molecule has 0 aliphatic carbocycles. The number of hydrogen-bond acceptors (Lipinski definition) is 2. The van der Waals surface area contributed by atoms with Crippen molar-refractivity contribution in [1.29, 1.82) is 5.26 Å². The fraction of sp³-hybridized carbons (Fsp3) is 0.400. The standard InChI is InChI=1S/C15H19N3/c1-3-12(8-16)9-17-10-13-11-18(2)15-7-5-4-6-14(13)15/h4-7,11-12,17H,3,9-10H2,1-2H3. The molecule has 1 unspecified atom stereocenters. The fourth-order valence-corrected chi connectivity index (χ4v) is 2.23. The minimum atomic E-state index is 0.111. The van der Waals surface area contributed by atoms with Crippen LogP contribution >= 0.6 is 0 Å². The van der Waals surface area contributed by atoms with Crippen LogP contribution in [0, 0.1) is 17.2 Å². The van der Waals surface area contributed by atoms with Crippen LogP contribution in [-0.2, 0) is 13.6 Å². The van der Waals surface area contributed by atoms with Gasteiger partial charge >= 0.3 is 0 Å². The molecule has 0 bridgehead atoms. The summed E-state index contributed by atoms with van der Waals surface area (Å²) in [7, 11) is 2.07. The molecule has 0 saturated carbocycles. The van der Waals surface area contributed by atoms with E-state index >= 15 is 0 Å². The van der Waals surface area contributed by atoms with Gasteiger partial charge in [-0.2, -0.15) is 5.26 Å². The number of nitrogens with one attached hydrogen (secondary N) is 1. The van der Waals surface area contributed by atoms with E-state index in [0.717, 1.165) is 19.5 Å². The number of fused-ring (bicyclic) bond motifs is 1. The van der Waals surface area contributed by atoms with E-state index < -0.39 is 0 Å². The number of aromatic nitrogens is 1. The van der Waals surface area contributed by atoms with Crippen LogP contribution in [0.2, 0.25) is 0 Å². The molecule has 2 aromatic rings. The molecule has 1 aromatic heterocycles. The van der Waals surface area contributed by atoms with Crippen molar-refractivity contribution >= 4 is 10.9 Å². The van der Waals surface area contributed by atoms with Gasteiger partial charge in [-0.05, 0) is 18.1 Å². The number of para-hydroxylation sites is 1. The van der Waals surface area contributed by atoms with E-state index in [1.807, 2.05) is 6.92 Å². The summed E-state index contributed by atoms with van der Waals surface area (Å²) >= 11 is 0. The molecule has 0 saturated heterocycles. The van der Waals surface area contributed by atoms with Crippen molar-refractivity contribution in [2.45, 2.75) is 19.9 Å². The minimum absolute atomic E-state index is 0.111. The third-order valence-corrected chi connectivity index (χ3v) is 3.36. The van der Waals surface area contributed by atoms with E-state index in [-0.39, 0.29) is 5.92 Å². The zero-order valence-corrected chi connectivity index (χ0v) is 11.0. The lowest BCUT2D eigenvalue weighted by Crippen LogP contribution is -2.21. The first-order valence-electron chi connectivity index (χ1n) is 6.39. The summed E-state index contributed by atoms with van der Waals surface area (Å²) in [6, 6.07) is 10.7. The Labute approximate surface area is 108 Å². The highest BCUT2D eigenvalue weighted by Crippen LogP contribution is 2.19. The van der Waals surface area contributed by atoms with Gasteiger partial charge in [-0.3, -0.25) is 0 Å². The second-order valence-electron chi connectivity index (χ2n) is 4.65. The van der Waals surface area contributed by atoms with Crippen LogP contribution in [0.15, 0.2) is 30.5 Å². The van der Waals surface area contributed by atoms with E-state index in [0.29, 0.717) is 0 Å². The maximum atomic E-state index is 8.90. The van der Waals surface area contributed by atoms with Gasteiger partial charge in [-0.1, -0.05) is 25.1 Å². The van der Waals surface area contributed by atoms with E-state index in [2.05, 4.69) is 53.5 Å². The second kappa shape index (κ2) is 5.70. The van der Waals surface area contributed by atoms with Gasteiger partial charge in [0.15, 0.2) is 0 Å². The Hall–Kier alpha value is -1.79. The molecule has 0 aliphatic heterocycles. The molecule has 3 heteroatoms. The van der Waals surface area contributed by atoms with Gasteiger partial charge in [0, 0.05) is 37.2 Å². The van der Waals surface area contributed by atoms with Gasteiger partial charge < -0.3 is 9.88 Å². The van der Waals surface area contributed by atoms with Crippen molar-refractivity contribution in [2.24, 2.45) is 13.0 Å². The van der Waals surface area contributed by atoms with Gasteiger partial charge in [-0.25, -0.2) is 0 Å². The molecule has 2 rings (SSSR count). The molecule has 0 spiro atoms. The first-order chi connectivity index (χ1) is 8.76. The van der Waals surface area contributed by atoms with Crippen molar-refractivity contribution in [3.05, 3.63) is 36.0 Å². The third-order valence-electron chi connectivity index (χ3n) is 3.36. The lowest BCUT2D eigenvalue weighted by molar-refractivity contribution is 0.553. The van der Waals surface area contributed by atoms with E-state index in [1.165, 1.54) is 16.5 Å². The first-order valence-corrected chi connectivity index (χ1v) is 6.39. The maximum absolute atomic E-state index is 8.90. The summed E-state index contributed by atoms with van der Waals surface area (Å²) in [4.78, 5) is 0. The van der Waals surface area contributed by atoms with Crippen LogP contribution in [0.5, 0.6) is 0 Å². The average Bonchev–Trinajstić information content (AvgIpc) is 2.72. The molecular formula is C15H19N3. The van der Waals surface area contributed by atoms with Crippen LogP contribution in [0.4, 0.5) is 0 Å². The Morgan fingerprint density at radius 2 is 2.17 bits per heavy atom. The highest BCUT2D eigenvalue weighted by Gasteiger charge is 2.07. The number of nitrogens with zero attached hydrogens (tertiary/aromatic N) is 2. The summed E-state index contributed by atoms with van der Waals surface area (Å²) in [6.07, 6.45) is 3.06. The zero-order chi connectivity index (χ0) is 13.0. The van der Waals surface area contributed by atoms with Crippen LogP contribution in [0.25, 0.3) is 10.9 Å². The number of aryl methyl sites for hydroxylation is 1. The van der Waals surface area contributed by atoms with Crippen LogP contribution in [0.1, 0.15) is 18.9 Å². The third kappa shape index (κ3) is 2.55. The lowest BCUT2D eigenvalue weighted by Gasteiger charge is -2.07. The molecule has 0 fully saturated rings. The monoisotopic (exact) mass is 241 g/mol. The van der Waals surface area contributed by atoms with Crippen LogP contribution in [-0.4, -0.2) is 11.1 Å². The normalized spacial score (nSPS) is 12.5. The van der Waals surface area contributed by atoms with Crippen molar-refractivity contribution in [1.82, 2.24) is 9.88 Å². The van der Waals surface area contributed by atoms with Crippen molar-refractivity contribution in [2.75, 3.05) is 6.54 Å². The molecule has 1 heterocycles. The molecule has 1 N–H and O–H groups in total. The number of rotatable bonds is 5. The quantitative estimate of drug-likeness (QED) is 0.874. The maximum Gasteiger partial charge on any atom is 0.0669 e. The number of benzene rings is 1. The van der Waals surface area contributed by atoms with Crippen LogP contribution in [0.3, 0.4) is 0 Å². The van der Waals surface area contributed by atoms with E-state index in [4.69, 9.17) is 5.26 Å². The summed E-state index contributed by atoms with van der Waals surface area (Å²) in [6.45, 7) is 3.63. The molecule has 0 amide bonds. The van der Waals surface area contributed by atoms with Gasteiger partial charge in [-0.15, -0.1) is 0 Å². The lowest BCUT2D eigenvalue weighted by atomic mass is 10.1. The Bertz CT molecular complexity index is 563. The predicted octanol–water partition coefficient (Wildman–Crippen LogP) is 2.82. The Balaban J connectivity index is 2.07. The second-order valence-corrected chi connectivity index (χ2v) is 4.65. The highest BCUT2D eigenvalue weighted by atomic mass is 14.9. The van der Waals surface area contributed by atoms with Crippen molar-refractivity contribution in [3.8, 4) is 6.07 Å². The van der Waals surface area contributed by atoms with Gasteiger partial charge in [0.1, 0.15) is 0 Å². The van der Waals surface area contributed by atoms with Gasteiger partial charge in [0.2, 0.25) is 0 Å². The van der Waals surface area contributed by atoms with Crippen LogP contribution < -0.4 is 5.32 Å². The molecule has 0 aliphatic rings. The predicted molar refractivity (Wildman–Crippen MR) is 74.0 cm³/mol. The summed E-state index contributed by atoms with van der Waals surface area (Å²) in [5.41, 5.74) is 2.54. The topological polar surface area (TPSA) is 40.8 Å². The number of nitriles is 1. The largest absolute Gasteiger partial charge is 0.350 e. The van der Waals surface area contributed by atoms with Crippen molar-refractivity contribution < 1.29 is 0 Å². The first kappa shape index (κ1) is 12.7. The van der Waals surface area contributed by atoms with Gasteiger partial charge in [0.25, 0.3) is 0 Å². The number of hydrogen-bond donors (Lipinski definition) is 1. The molecule has 3 nitrogen and oxygen atoms in total. The molecule has 0 radical (unpaired) electrons. The summed E-state index contributed by atoms with van der Waals surface area (Å²) in [5, 5.41) is 13.6. The van der Waals surface area contributed by atoms with Crippen molar-refractivity contribution in [3.63, 3.8) is 0 Å².